The van der Waals surface area contributed by atoms with E-state index in [1.165, 1.54) is 173 Å². The second-order valence-electron chi connectivity index (χ2n) is 18.9. The highest BCUT2D eigenvalue weighted by Crippen LogP contribution is 2.16. The summed E-state index contributed by atoms with van der Waals surface area (Å²) < 4.78 is 16.8. The quantitative estimate of drug-likeness (QED) is 0.0262. The maximum atomic E-state index is 12.8. The minimum Gasteiger partial charge on any atom is -0.462 e. The lowest BCUT2D eigenvalue weighted by Gasteiger charge is -2.18. The number of hydrogen-bond acceptors (Lipinski definition) is 6. The Kier molecular flexibility index (Phi) is 51.3. The molecule has 0 fully saturated rings. The van der Waals surface area contributed by atoms with Gasteiger partial charge in [0.1, 0.15) is 13.2 Å². The van der Waals surface area contributed by atoms with E-state index in [9.17, 15) is 14.4 Å². The number of carbonyl (C=O) groups is 3. The second-order valence-corrected chi connectivity index (χ2v) is 18.9. The van der Waals surface area contributed by atoms with Crippen molar-refractivity contribution in [2.75, 3.05) is 13.2 Å². The first kappa shape index (κ1) is 61.6. The van der Waals surface area contributed by atoms with Gasteiger partial charge in [-0.3, -0.25) is 14.4 Å². The van der Waals surface area contributed by atoms with Crippen molar-refractivity contribution in [1.82, 2.24) is 0 Å². The summed E-state index contributed by atoms with van der Waals surface area (Å²) in [4.78, 5) is 38.1. The van der Waals surface area contributed by atoms with Crippen molar-refractivity contribution in [3.05, 3.63) is 36.5 Å². The van der Waals surface area contributed by atoms with Crippen LogP contribution in [0.4, 0.5) is 0 Å². The summed E-state index contributed by atoms with van der Waals surface area (Å²) >= 11 is 0. The highest BCUT2D eigenvalue weighted by atomic mass is 16.6. The van der Waals surface area contributed by atoms with Gasteiger partial charge in [0.15, 0.2) is 6.10 Å². The summed E-state index contributed by atoms with van der Waals surface area (Å²) in [5.74, 6) is -0.880. The smallest absolute Gasteiger partial charge is 0.306 e. The molecule has 0 aliphatic carbocycles. The van der Waals surface area contributed by atoms with Crippen LogP contribution in [0.3, 0.4) is 0 Å². The third-order valence-corrected chi connectivity index (χ3v) is 12.4. The lowest BCUT2D eigenvalue weighted by molar-refractivity contribution is -0.167. The van der Waals surface area contributed by atoms with E-state index in [0.717, 1.165) is 83.5 Å². The molecule has 64 heavy (non-hydrogen) atoms. The van der Waals surface area contributed by atoms with Crippen molar-refractivity contribution in [2.24, 2.45) is 0 Å². The molecule has 0 aromatic rings. The molecule has 0 unspecified atom stereocenters. The van der Waals surface area contributed by atoms with Crippen molar-refractivity contribution < 1.29 is 28.6 Å². The molecule has 0 heterocycles. The summed E-state index contributed by atoms with van der Waals surface area (Å²) in [7, 11) is 0. The van der Waals surface area contributed by atoms with Crippen molar-refractivity contribution in [2.45, 2.75) is 303 Å². The van der Waals surface area contributed by atoms with Crippen LogP contribution in [0.25, 0.3) is 0 Å². The van der Waals surface area contributed by atoms with Gasteiger partial charge in [-0.2, -0.15) is 0 Å². The topological polar surface area (TPSA) is 78.9 Å². The van der Waals surface area contributed by atoms with Crippen LogP contribution < -0.4 is 0 Å². The van der Waals surface area contributed by atoms with Crippen LogP contribution in [-0.4, -0.2) is 37.2 Å². The first-order valence-corrected chi connectivity index (χ1v) is 28.0. The number of unbranched alkanes of at least 4 members (excludes halogenated alkanes) is 34. The molecule has 0 rings (SSSR count). The molecular formula is C58H106O6. The van der Waals surface area contributed by atoms with Crippen LogP contribution in [0.5, 0.6) is 0 Å². The Morgan fingerprint density at radius 2 is 0.562 bits per heavy atom. The standard InChI is InChI=1S/C58H106O6/c1-4-7-10-13-16-19-22-25-27-29-31-33-36-39-42-45-48-51-57(60)63-54-55(53-62-56(59)50-47-44-41-38-35-32-24-21-18-15-12-9-6-3)64-58(61)52-49-46-43-40-37-34-30-28-26-23-20-17-14-11-8-5-2/h16,19,25,27,31,33,55H,4-15,17-18,20-24,26,28-30,32,34-54H2,1-3H3/b19-16+,27-25+,33-31+/t55-/m1/s1. The van der Waals surface area contributed by atoms with Gasteiger partial charge in [-0.25, -0.2) is 0 Å². The zero-order valence-electron chi connectivity index (χ0n) is 42.8. The summed E-state index contributed by atoms with van der Waals surface area (Å²) in [5, 5.41) is 0. The van der Waals surface area contributed by atoms with Gasteiger partial charge < -0.3 is 14.2 Å². The molecule has 0 saturated heterocycles. The van der Waals surface area contributed by atoms with Crippen LogP contribution in [0, 0.1) is 0 Å². The predicted octanol–water partition coefficient (Wildman–Crippen LogP) is 18.5. The van der Waals surface area contributed by atoms with E-state index in [1.807, 2.05) is 0 Å². The number of allylic oxidation sites excluding steroid dienone is 6. The number of esters is 3. The lowest BCUT2D eigenvalue weighted by atomic mass is 10.0. The average molecular weight is 899 g/mol. The Morgan fingerprint density at radius 3 is 0.906 bits per heavy atom. The monoisotopic (exact) mass is 899 g/mol. The van der Waals surface area contributed by atoms with Gasteiger partial charge >= 0.3 is 17.9 Å². The van der Waals surface area contributed by atoms with Crippen molar-refractivity contribution in [3.8, 4) is 0 Å². The van der Waals surface area contributed by atoms with Crippen molar-refractivity contribution in [3.63, 3.8) is 0 Å². The zero-order chi connectivity index (χ0) is 46.5. The molecule has 0 amide bonds. The molecular weight excluding hydrogens is 793 g/mol. The van der Waals surface area contributed by atoms with Crippen LogP contribution in [0.1, 0.15) is 297 Å². The van der Waals surface area contributed by atoms with E-state index in [1.54, 1.807) is 0 Å². The van der Waals surface area contributed by atoms with Gasteiger partial charge in [0.2, 0.25) is 0 Å². The van der Waals surface area contributed by atoms with Gasteiger partial charge in [-0.05, 0) is 57.8 Å². The molecule has 1 atom stereocenters. The normalized spacial score (nSPS) is 12.2. The third-order valence-electron chi connectivity index (χ3n) is 12.4. The third kappa shape index (κ3) is 50.6. The minimum atomic E-state index is -0.776. The summed E-state index contributed by atoms with van der Waals surface area (Å²) in [6, 6.07) is 0. The Morgan fingerprint density at radius 1 is 0.312 bits per heavy atom. The Hall–Kier alpha value is -2.37. The molecule has 0 saturated carbocycles. The van der Waals surface area contributed by atoms with E-state index in [-0.39, 0.29) is 31.1 Å². The largest absolute Gasteiger partial charge is 0.462 e. The molecule has 0 radical (unpaired) electrons. The van der Waals surface area contributed by atoms with Crippen molar-refractivity contribution >= 4 is 17.9 Å². The molecule has 6 nitrogen and oxygen atoms in total. The maximum Gasteiger partial charge on any atom is 0.306 e. The Balaban J connectivity index is 4.37. The fourth-order valence-corrected chi connectivity index (χ4v) is 8.16. The number of rotatable bonds is 51. The lowest BCUT2D eigenvalue weighted by Crippen LogP contribution is -2.30. The summed E-state index contributed by atoms with van der Waals surface area (Å²) in [6.07, 6.45) is 62.7. The molecule has 0 N–H and O–H groups in total. The fraction of sp³-hybridized carbons (Fsp3) is 0.845. The minimum absolute atomic E-state index is 0.0747. The van der Waals surface area contributed by atoms with Crippen LogP contribution in [0.2, 0.25) is 0 Å². The number of ether oxygens (including phenoxy) is 3. The van der Waals surface area contributed by atoms with E-state index in [2.05, 4.69) is 57.2 Å². The van der Waals surface area contributed by atoms with Crippen LogP contribution >= 0.6 is 0 Å². The van der Waals surface area contributed by atoms with Gasteiger partial charge in [0.05, 0.1) is 0 Å². The van der Waals surface area contributed by atoms with E-state index < -0.39 is 6.10 Å². The summed E-state index contributed by atoms with van der Waals surface area (Å²) in [5.41, 5.74) is 0. The fourth-order valence-electron chi connectivity index (χ4n) is 8.16. The summed E-state index contributed by atoms with van der Waals surface area (Å²) in [6.45, 7) is 6.63. The maximum absolute atomic E-state index is 12.8. The SMILES string of the molecule is CCCCC/C=C/C/C=C/C/C=C/CCCCCCC(=O)OC[C@@H](COC(=O)CCCCCCCCCCCCCCC)OC(=O)CCCCCCCCCCCCCCCCCC. The van der Waals surface area contributed by atoms with E-state index in [4.69, 9.17) is 14.2 Å². The van der Waals surface area contributed by atoms with Crippen molar-refractivity contribution in [1.29, 1.82) is 0 Å². The highest BCUT2D eigenvalue weighted by molar-refractivity contribution is 5.71. The Bertz CT molecular complexity index is 1080. The molecule has 6 heteroatoms. The van der Waals surface area contributed by atoms with Gasteiger partial charge in [0.25, 0.3) is 0 Å². The highest BCUT2D eigenvalue weighted by Gasteiger charge is 2.19. The van der Waals surface area contributed by atoms with Gasteiger partial charge in [-0.1, -0.05) is 256 Å². The first-order chi connectivity index (χ1) is 31.5. The molecule has 374 valence electrons. The number of carbonyl (C=O) groups excluding carboxylic acids is 3. The molecule has 0 aliphatic rings. The zero-order valence-corrected chi connectivity index (χ0v) is 42.8. The first-order valence-electron chi connectivity index (χ1n) is 28.0. The van der Waals surface area contributed by atoms with Crippen LogP contribution in [-0.2, 0) is 28.6 Å². The second kappa shape index (κ2) is 53.2. The molecule has 0 bridgehead atoms. The van der Waals surface area contributed by atoms with Gasteiger partial charge in [0, 0.05) is 19.3 Å². The molecule has 0 aromatic carbocycles. The molecule has 0 spiro atoms. The average Bonchev–Trinajstić information content (AvgIpc) is 3.29. The number of hydrogen-bond donors (Lipinski definition) is 0. The van der Waals surface area contributed by atoms with Crippen LogP contribution in [0.15, 0.2) is 36.5 Å². The van der Waals surface area contributed by atoms with E-state index in [0.29, 0.717) is 19.3 Å². The molecule has 0 aliphatic heterocycles. The predicted molar refractivity (Wildman–Crippen MR) is 275 cm³/mol. The van der Waals surface area contributed by atoms with E-state index >= 15 is 0 Å². The molecule has 0 aromatic heterocycles. The Labute approximate surface area is 397 Å². The van der Waals surface area contributed by atoms with Gasteiger partial charge in [-0.15, -0.1) is 0 Å².